The Morgan fingerprint density at radius 3 is 2.45 bits per heavy atom. The van der Waals surface area contributed by atoms with Crippen LogP contribution in [0.3, 0.4) is 0 Å². The molecule has 0 bridgehead atoms. The molecule has 5 rings (SSSR count). The number of rotatable bonds is 6. The molecule has 206 valence electrons. The van der Waals surface area contributed by atoms with Crippen molar-refractivity contribution in [2.24, 2.45) is 5.92 Å². The fourth-order valence-corrected chi connectivity index (χ4v) is 6.16. The van der Waals surface area contributed by atoms with Crippen LogP contribution in [0.15, 0.2) is 66.9 Å². The zero-order valence-corrected chi connectivity index (χ0v) is 25.5. The molecule has 0 radical (unpaired) electrons. The molecule has 10 heteroatoms. The number of aryl methyl sites for hydroxylation is 1. The van der Waals surface area contributed by atoms with Crippen molar-refractivity contribution < 1.29 is 4.79 Å². The summed E-state index contributed by atoms with van der Waals surface area (Å²) in [4.78, 5) is 19.0. The van der Waals surface area contributed by atoms with Crippen LogP contribution in [0, 0.1) is 19.8 Å². The maximum absolute atomic E-state index is 12.3. The summed E-state index contributed by atoms with van der Waals surface area (Å²) in [5, 5.41) is 8.49. The fourth-order valence-electron chi connectivity index (χ4n) is 5.10. The monoisotopic (exact) mass is 611 g/mol. The quantitative estimate of drug-likeness (QED) is 0.215. The molecule has 2 aromatic heterocycles. The average molecular weight is 613 g/mol. The van der Waals surface area contributed by atoms with Gasteiger partial charge in [0.15, 0.2) is 5.11 Å². The van der Waals surface area contributed by atoms with Crippen molar-refractivity contribution in [2.75, 3.05) is 10.2 Å². The lowest BCUT2D eigenvalue weighted by atomic mass is 9.96. The first-order valence-corrected chi connectivity index (χ1v) is 14.4. The number of carbonyl (C=O) groups excluding carboxylic acids is 1. The molecule has 3 heterocycles. The second-order valence-corrected chi connectivity index (χ2v) is 11.7. The van der Waals surface area contributed by atoms with Gasteiger partial charge in [0.2, 0.25) is 5.91 Å². The Morgan fingerprint density at radius 1 is 1.02 bits per heavy atom. The van der Waals surface area contributed by atoms with Crippen molar-refractivity contribution in [1.82, 2.24) is 14.9 Å². The molecule has 40 heavy (non-hydrogen) atoms. The van der Waals surface area contributed by atoms with Crippen molar-refractivity contribution in [3.63, 3.8) is 0 Å². The second kappa shape index (κ2) is 11.4. The van der Waals surface area contributed by atoms with Crippen molar-refractivity contribution in [3.05, 3.63) is 105 Å². The molecule has 1 aliphatic heterocycles. The van der Waals surface area contributed by atoms with Crippen LogP contribution in [0.2, 0.25) is 15.1 Å². The summed E-state index contributed by atoms with van der Waals surface area (Å²) in [5.74, 6) is -0.270. The Bertz CT molecular complexity index is 1600. The number of pyridine rings is 1. The van der Waals surface area contributed by atoms with Crippen molar-refractivity contribution in [1.29, 1.82) is 0 Å². The van der Waals surface area contributed by atoms with Crippen LogP contribution in [-0.4, -0.2) is 20.6 Å². The summed E-state index contributed by atoms with van der Waals surface area (Å²) in [6.07, 6.45) is 1.78. The molecule has 4 aromatic rings. The largest absolute Gasteiger partial charge is 0.351 e. The molecule has 0 spiro atoms. The summed E-state index contributed by atoms with van der Waals surface area (Å²) in [5.41, 5.74) is 6.13. The number of hydrogen-bond donors (Lipinski definition) is 2. The van der Waals surface area contributed by atoms with Gasteiger partial charge in [-0.2, -0.15) is 0 Å². The first-order valence-electron chi connectivity index (χ1n) is 12.8. The van der Waals surface area contributed by atoms with E-state index >= 15 is 0 Å². The number of aromatic nitrogens is 2. The van der Waals surface area contributed by atoms with Crippen molar-refractivity contribution in [2.45, 2.75) is 39.8 Å². The Labute approximate surface area is 254 Å². The van der Waals surface area contributed by atoms with E-state index in [0.29, 0.717) is 25.9 Å². The molecular formula is C30H28Cl3N5OS. The van der Waals surface area contributed by atoms with Crippen LogP contribution >= 0.6 is 47.0 Å². The third-order valence-corrected chi connectivity index (χ3v) is 8.22. The maximum Gasteiger partial charge on any atom is 0.226 e. The molecule has 6 nitrogen and oxygen atoms in total. The fraction of sp³-hybridized carbons (Fsp3) is 0.233. The first-order chi connectivity index (χ1) is 19.1. The van der Waals surface area contributed by atoms with Crippen LogP contribution < -0.4 is 15.5 Å². The van der Waals surface area contributed by atoms with E-state index in [2.05, 4.69) is 38.1 Å². The van der Waals surface area contributed by atoms with Gasteiger partial charge in [-0.05, 0) is 86.2 Å². The van der Waals surface area contributed by atoms with Gasteiger partial charge >= 0.3 is 0 Å². The predicted octanol–water partition coefficient (Wildman–Crippen LogP) is 8.22. The molecule has 0 unspecified atom stereocenters. The number of anilines is 2. The van der Waals surface area contributed by atoms with Crippen LogP contribution in [0.1, 0.15) is 48.6 Å². The second-order valence-electron chi connectivity index (χ2n) is 10.1. The lowest BCUT2D eigenvalue weighted by molar-refractivity contribution is -0.118. The normalized spacial score (nSPS) is 16.9. The number of nitrogens with one attached hydrogen (secondary N) is 2. The van der Waals surface area contributed by atoms with E-state index in [4.69, 9.17) is 47.0 Å². The summed E-state index contributed by atoms with van der Waals surface area (Å²) >= 11 is 25.4. The zero-order valence-electron chi connectivity index (χ0n) is 22.4. The van der Waals surface area contributed by atoms with Crippen LogP contribution in [0.25, 0.3) is 5.69 Å². The number of thiocarbonyl (C=S) groups is 1. The SMILES string of the molecule is Cc1cc([C@@H]2[C@H](c3ccccn3)NC(=S)N2c2ccc(NC(=O)C(C)C)c(Cl)c2)c(C)n1-c1ccc(Cl)cc1Cl. The van der Waals surface area contributed by atoms with Crippen LogP contribution in [0.5, 0.6) is 0 Å². The van der Waals surface area contributed by atoms with Gasteiger partial charge in [-0.25, -0.2) is 0 Å². The first kappa shape index (κ1) is 28.4. The third kappa shape index (κ3) is 5.31. The van der Waals surface area contributed by atoms with E-state index in [1.54, 1.807) is 12.3 Å². The van der Waals surface area contributed by atoms with E-state index < -0.39 is 0 Å². The number of nitrogens with zero attached hydrogens (tertiary/aromatic N) is 3. The van der Waals surface area contributed by atoms with Gasteiger partial charge in [-0.15, -0.1) is 0 Å². The molecule has 0 saturated carbocycles. The standard InChI is InChI=1S/C30H28Cl3N5OS/c1-16(2)29(39)35-24-10-9-20(15-22(24)32)38-28(27(36-30(38)40)25-7-5-6-12-34-25)21-13-17(3)37(18(21)4)26-11-8-19(31)14-23(26)33/h5-16,27-28H,1-4H3,(H,35,39)(H,36,40)/t27-,28+/m0/s1. The summed E-state index contributed by atoms with van der Waals surface area (Å²) < 4.78 is 2.13. The minimum absolute atomic E-state index is 0.102. The molecule has 1 aliphatic rings. The number of carbonyl (C=O) groups is 1. The predicted molar refractivity (Wildman–Crippen MR) is 168 cm³/mol. The highest BCUT2D eigenvalue weighted by Gasteiger charge is 2.42. The average Bonchev–Trinajstić information content (AvgIpc) is 3.41. The van der Waals surface area contributed by atoms with Gasteiger partial charge in [-0.3, -0.25) is 9.78 Å². The van der Waals surface area contributed by atoms with Crippen LogP contribution in [-0.2, 0) is 4.79 Å². The van der Waals surface area contributed by atoms with E-state index in [1.165, 1.54) is 0 Å². The molecule has 2 N–H and O–H groups in total. The number of benzene rings is 2. The highest BCUT2D eigenvalue weighted by Crippen LogP contribution is 2.45. The minimum Gasteiger partial charge on any atom is -0.351 e. The van der Waals surface area contributed by atoms with E-state index in [9.17, 15) is 4.79 Å². The number of amides is 1. The number of halogens is 3. The lowest BCUT2D eigenvalue weighted by Crippen LogP contribution is -2.29. The Hall–Kier alpha value is -3.10. The number of hydrogen-bond acceptors (Lipinski definition) is 3. The van der Waals surface area contributed by atoms with Gasteiger partial charge in [0, 0.05) is 34.2 Å². The molecule has 2 atom stereocenters. The summed E-state index contributed by atoms with van der Waals surface area (Å²) in [6.45, 7) is 7.79. The molecular weight excluding hydrogens is 585 g/mol. The summed E-state index contributed by atoms with van der Waals surface area (Å²) in [6, 6.07) is 18.6. The van der Waals surface area contributed by atoms with Crippen LogP contribution in [0.4, 0.5) is 11.4 Å². The minimum atomic E-state index is -0.249. The van der Waals surface area contributed by atoms with Gasteiger partial charge in [-0.1, -0.05) is 54.7 Å². The van der Waals surface area contributed by atoms with Gasteiger partial charge in [0.25, 0.3) is 0 Å². The highest BCUT2D eigenvalue weighted by atomic mass is 35.5. The van der Waals surface area contributed by atoms with E-state index in [1.807, 2.05) is 69.3 Å². The van der Waals surface area contributed by atoms with Gasteiger partial charge in [0.05, 0.1) is 39.2 Å². The highest BCUT2D eigenvalue weighted by molar-refractivity contribution is 7.80. The Kier molecular flexibility index (Phi) is 8.11. The maximum atomic E-state index is 12.3. The Balaban J connectivity index is 1.63. The zero-order chi connectivity index (χ0) is 28.7. The molecule has 1 saturated heterocycles. The lowest BCUT2D eigenvalue weighted by Gasteiger charge is -2.28. The summed E-state index contributed by atoms with van der Waals surface area (Å²) in [7, 11) is 0. The van der Waals surface area contributed by atoms with E-state index in [0.717, 1.165) is 34.0 Å². The third-order valence-electron chi connectivity index (χ3n) is 7.05. The molecule has 1 fully saturated rings. The van der Waals surface area contributed by atoms with Gasteiger partial charge in [0.1, 0.15) is 0 Å². The van der Waals surface area contributed by atoms with E-state index in [-0.39, 0.29) is 23.9 Å². The molecule has 1 amide bonds. The molecule has 0 aliphatic carbocycles. The topological polar surface area (TPSA) is 62.2 Å². The van der Waals surface area contributed by atoms with Gasteiger partial charge < -0.3 is 20.1 Å². The Morgan fingerprint density at radius 2 is 1.80 bits per heavy atom. The smallest absolute Gasteiger partial charge is 0.226 e. The van der Waals surface area contributed by atoms with Crippen molar-refractivity contribution >= 4 is 69.4 Å². The van der Waals surface area contributed by atoms with Crippen molar-refractivity contribution in [3.8, 4) is 5.69 Å². The molecule has 2 aromatic carbocycles.